The van der Waals surface area contributed by atoms with Crippen molar-refractivity contribution in [1.29, 1.82) is 0 Å². The van der Waals surface area contributed by atoms with Gasteiger partial charge in [0.15, 0.2) is 6.56 Å². The zero-order chi connectivity index (χ0) is 11.3. The summed E-state index contributed by atoms with van der Waals surface area (Å²) in [6.45, 7) is -2.61. The van der Waals surface area contributed by atoms with E-state index in [-0.39, 0.29) is 6.61 Å². The number of nitrogens with two attached hydrogens (primary N) is 1. The van der Waals surface area contributed by atoms with Crippen LogP contribution in [0.15, 0.2) is 30.3 Å². The van der Waals surface area contributed by atoms with E-state index in [0.717, 1.165) is 5.56 Å². The van der Waals surface area contributed by atoms with Gasteiger partial charge in [0.25, 0.3) is 0 Å². The first-order valence-electron chi connectivity index (χ1n) is 4.65. The zero-order valence-corrected chi connectivity index (χ0v) is 6.90. The Morgan fingerprint density at radius 2 is 2.15 bits per heavy atom. The molecule has 0 aliphatic carbocycles. The summed E-state index contributed by atoms with van der Waals surface area (Å²) in [5.74, 6) is 3.46. The maximum absolute atomic E-state index is 11.1. The van der Waals surface area contributed by atoms with Crippen molar-refractivity contribution in [2.75, 3.05) is 6.56 Å². The van der Waals surface area contributed by atoms with Crippen LogP contribution < -0.4 is 5.90 Å². The number of benzene rings is 1. The van der Waals surface area contributed by atoms with Crippen LogP contribution in [0.5, 0.6) is 0 Å². The minimum absolute atomic E-state index is 0.0114. The predicted molar refractivity (Wildman–Crippen MR) is 46.4 cm³/mol. The molecule has 1 rings (SSSR count). The van der Waals surface area contributed by atoms with Gasteiger partial charge in [-0.05, 0) is 5.56 Å². The van der Waals surface area contributed by atoms with E-state index in [0.29, 0.717) is 0 Å². The van der Waals surface area contributed by atoms with Gasteiger partial charge in [0.05, 0.1) is 2.74 Å². The monoisotopic (exact) mass is 183 g/mol. The second-order valence-electron chi connectivity index (χ2n) is 2.28. The van der Waals surface area contributed by atoms with Gasteiger partial charge < -0.3 is 4.74 Å². The summed E-state index contributed by atoms with van der Waals surface area (Å²) in [5.41, 5.74) is 0.763. The largest absolute Gasteiger partial charge is 0.459 e. The van der Waals surface area contributed by atoms with Gasteiger partial charge in [-0.15, -0.1) is 0 Å². The van der Waals surface area contributed by atoms with E-state index in [1.807, 2.05) is 6.07 Å². The summed E-state index contributed by atoms with van der Waals surface area (Å²) < 4.78 is 18.6. The van der Waals surface area contributed by atoms with E-state index in [4.69, 9.17) is 2.74 Å². The molecular weight excluding hydrogens is 170 g/mol. The van der Waals surface area contributed by atoms with Crippen molar-refractivity contribution < 1.29 is 17.1 Å². The van der Waals surface area contributed by atoms with E-state index in [2.05, 4.69) is 15.5 Å². The Kier molecular flexibility index (Phi) is 2.87. The van der Waals surface area contributed by atoms with Crippen LogP contribution in [0.3, 0.4) is 0 Å². The van der Waals surface area contributed by atoms with Crippen LogP contribution in [0.4, 0.5) is 0 Å². The maximum Gasteiger partial charge on any atom is 0.334 e. The zero-order valence-electron chi connectivity index (χ0n) is 8.90. The molecule has 1 aromatic carbocycles. The third kappa shape index (κ3) is 3.68. The van der Waals surface area contributed by atoms with Gasteiger partial charge in [-0.2, -0.15) is 0 Å². The molecular formula is C9H11NO3. The minimum atomic E-state index is -2.60. The Balaban J connectivity index is 2.48. The highest BCUT2D eigenvalue weighted by Crippen LogP contribution is 2.00. The van der Waals surface area contributed by atoms with Crippen molar-refractivity contribution in [3.05, 3.63) is 35.9 Å². The molecule has 0 aliphatic rings. The van der Waals surface area contributed by atoms with Gasteiger partial charge in [0.1, 0.15) is 6.61 Å². The Morgan fingerprint density at radius 1 is 1.46 bits per heavy atom. The molecule has 0 unspecified atom stereocenters. The lowest BCUT2D eigenvalue weighted by Gasteiger charge is -2.02. The average molecular weight is 183 g/mol. The van der Waals surface area contributed by atoms with Gasteiger partial charge in [0, 0.05) is 0 Å². The molecule has 0 saturated heterocycles. The normalized spacial score (nSPS) is 13.0. The van der Waals surface area contributed by atoms with Gasteiger partial charge in [-0.25, -0.2) is 10.7 Å². The lowest BCUT2D eigenvalue weighted by molar-refractivity contribution is -0.150. The van der Waals surface area contributed by atoms with Crippen molar-refractivity contribution in [3.8, 4) is 0 Å². The minimum Gasteiger partial charge on any atom is -0.459 e. The summed E-state index contributed by atoms with van der Waals surface area (Å²) in [7, 11) is 0. The third-order valence-corrected chi connectivity index (χ3v) is 1.36. The Morgan fingerprint density at radius 3 is 2.77 bits per heavy atom. The van der Waals surface area contributed by atoms with Crippen molar-refractivity contribution in [2.45, 2.75) is 6.61 Å². The second-order valence-corrected chi connectivity index (χ2v) is 2.28. The van der Waals surface area contributed by atoms with E-state index in [9.17, 15) is 4.79 Å². The number of carbonyl (C=O) groups is 1. The molecule has 0 spiro atoms. The first-order valence-corrected chi connectivity index (χ1v) is 3.65. The smallest absolute Gasteiger partial charge is 0.334 e. The van der Waals surface area contributed by atoms with E-state index in [1.165, 1.54) is 0 Å². The molecule has 0 fully saturated rings. The summed E-state index contributed by atoms with van der Waals surface area (Å²) in [6, 6.07) is 8.92. The number of carbonyl (C=O) groups excluding carboxylic acids is 1. The summed E-state index contributed by atoms with van der Waals surface area (Å²) in [4.78, 5) is 14.9. The first-order chi connectivity index (χ1) is 7.06. The lowest BCUT2D eigenvalue weighted by Crippen LogP contribution is -2.15. The van der Waals surface area contributed by atoms with E-state index >= 15 is 0 Å². The molecule has 0 saturated carbocycles. The standard InChI is InChI=1S/C9H11NO3/c10-13-7-9(11)12-6-8-4-2-1-3-5-8/h1-5H,6-7,10H2/i7D2. The molecule has 0 bridgehead atoms. The van der Waals surface area contributed by atoms with Gasteiger partial charge in [-0.3, -0.25) is 4.84 Å². The molecule has 0 aromatic heterocycles. The topological polar surface area (TPSA) is 61.5 Å². The summed E-state index contributed by atoms with van der Waals surface area (Å²) in [6.07, 6.45) is 0. The average Bonchev–Trinajstić information content (AvgIpc) is 2.27. The van der Waals surface area contributed by atoms with Crippen LogP contribution in [0.2, 0.25) is 0 Å². The van der Waals surface area contributed by atoms with Crippen LogP contribution >= 0.6 is 0 Å². The number of ether oxygens (including phenoxy) is 1. The number of rotatable bonds is 4. The van der Waals surface area contributed by atoms with Crippen molar-refractivity contribution in [1.82, 2.24) is 0 Å². The fourth-order valence-corrected chi connectivity index (χ4v) is 0.801. The van der Waals surface area contributed by atoms with Crippen molar-refractivity contribution in [3.63, 3.8) is 0 Å². The number of esters is 1. The molecule has 0 atom stereocenters. The first kappa shape index (κ1) is 7.06. The van der Waals surface area contributed by atoms with Crippen molar-refractivity contribution >= 4 is 5.97 Å². The van der Waals surface area contributed by atoms with Gasteiger partial charge in [-0.1, -0.05) is 30.3 Å². The van der Waals surface area contributed by atoms with Crippen LogP contribution in [-0.4, -0.2) is 12.5 Å². The summed E-state index contributed by atoms with van der Waals surface area (Å²) >= 11 is 0. The molecule has 2 N–H and O–H groups in total. The molecule has 0 aliphatic heterocycles. The predicted octanol–water partition coefficient (Wildman–Crippen LogP) is 0.620. The quantitative estimate of drug-likeness (QED) is 0.549. The molecule has 0 amide bonds. The molecule has 1 aromatic rings. The Bertz CT molecular complexity index is 329. The Hall–Kier alpha value is -1.39. The molecule has 4 nitrogen and oxygen atoms in total. The van der Waals surface area contributed by atoms with E-state index in [1.54, 1.807) is 24.3 Å². The Labute approximate surface area is 79.0 Å². The molecule has 0 heterocycles. The lowest BCUT2D eigenvalue weighted by atomic mass is 10.2. The second kappa shape index (κ2) is 5.29. The third-order valence-electron chi connectivity index (χ3n) is 1.36. The van der Waals surface area contributed by atoms with Crippen LogP contribution in [-0.2, 0) is 21.0 Å². The van der Waals surface area contributed by atoms with Crippen molar-refractivity contribution in [2.24, 2.45) is 5.90 Å². The van der Waals surface area contributed by atoms with Crippen LogP contribution in [0.1, 0.15) is 8.30 Å². The highest BCUT2D eigenvalue weighted by Gasteiger charge is 2.01. The molecule has 70 valence electrons. The SMILES string of the molecule is [2H]C([2H])(ON)C(=O)OCc1ccccc1. The van der Waals surface area contributed by atoms with Crippen LogP contribution in [0.25, 0.3) is 0 Å². The number of hydrogen-bond donors (Lipinski definition) is 1. The highest BCUT2D eigenvalue weighted by molar-refractivity contribution is 5.70. The number of hydrogen-bond acceptors (Lipinski definition) is 4. The maximum atomic E-state index is 11.1. The fraction of sp³-hybridized carbons (Fsp3) is 0.222. The van der Waals surface area contributed by atoms with Crippen LogP contribution in [0, 0.1) is 0 Å². The van der Waals surface area contributed by atoms with Gasteiger partial charge >= 0.3 is 5.97 Å². The summed E-state index contributed by atoms with van der Waals surface area (Å²) in [5, 5.41) is 0. The fourth-order valence-electron chi connectivity index (χ4n) is 0.801. The molecule has 4 heteroatoms. The van der Waals surface area contributed by atoms with E-state index < -0.39 is 12.5 Å². The molecule has 0 radical (unpaired) electrons. The highest BCUT2D eigenvalue weighted by atomic mass is 16.6. The van der Waals surface area contributed by atoms with Gasteiger partial charge in [0.2, 0.25) is 0 Å². The molecule has 13 heavy (non-hydrogen) atoms.